The molecule has 122 valence electrons. The summed E-state index contributed by atoms with van der Waals surface area (Å²) in [6.07, 6.45) is 4.01. The summed E-state index contributed by atoms with van der Waals surface area (Å²) in [5.74, 6) is 0. The summed E-state index contributed by atoms with van der Waals surface area (Å²) in [7, 11) is -7.13. The third-order valence-electron chi connectivity index (χ3n) is 3.89. The minimum Gasteiger partial charge on any atom is -0.280 e. The predicted molar refractivity (Wildman–Crippen MR) is 88.8 cm³/mol. The first-order valence-corrected chi connectivity index (χ1v) is 10.6. The zero-order valence-corrected chi connectivity index (χ0v) is 14.2. The first kappa shape index (κ1) is 16.0. The van der Waals surface area contributed by atoms with Crippen LogP contribution in [0.15, 0.2) is 52.3 Å². The van der Waals surface area contributed by atoms with Crippen LogP contribution in [0.5, 0.6) is 0 Å². The van der Waals surface area contributed by atoms with Crippen LogP contribution >= 0.6 is 0 Å². The molecule has 0 bridgehead atoms. The lowest BCUT2D eigenvalue weighted by Gasteiger charge is -2.10. The molecule has 2 aromatic rings. The minimum atomic E-state index is -3.74. The molecule has 0 aromatic heterocycles. The average molecular weight is 351 g/mol. The number of hydrogen-bond donors (Lipinski definition) is 1. The second-order valence-corrected chi connectivity index (χ2v) is 9.39. The van der Waals surface area contributed by atoms with Gasteiger partial charge in [-0.25, -0.2) is 16.8 Å². The van der Waals surface area contributed by atoms with Crippen molar-refractivity contribution >= 4 is 25.5 Å². The van der Waals surface area contributed by atoms with Crippen molar-refractivity contribution in [3.63, 3.8) is 0 Å². The van der Waals surface area contributed by atoms with Crippen molar-refractivity contribution in [2.45, 2.75) is 29.1 Å². The van der Waals surface area contributed by atoms with Crippen molar-refractivity contribution in [1.29, 1.82) is 0 Å². The second kappa shape index (κ2) is 5.65. The number of fused-ring (bicyclic) bond motifs is 1. The zero-order chi connectivity index (χ0) is 16.7. The number of anilines is 1. The fourth-order valence-electron chi connectivity index (χ4n) is 2.72. The Labute approximate surface area is 136 Å². The smallest absolute Gasteiger partial charge is 0.261 e. The van der Waals surface area contributed by atoms with Crippen LogP contribution in [-0.2, 0) is 32.7 Å². The fourth-order valence-corrected chi connectivity index (χ4v) is 4.49. The molecule has 0 fully saturated rings. The lowest BCUT2D eigenvalue weighted by atomic mass is 10.1. The highest BCUT2D eigenvalue weighted by atomic mass is 32.2. The van der Waals surface area contributed by atoms with E-state index >= 15 is 0 Å². The Hall–Kier alpha value is -1.86. The van der Waals surface area contributed by atoms with Gasteiger partial charge in [0.05, 0.1) is 15.5 Å². The van der Waals surface area contributed by atoms with E-state index in [-0.39, 0.29) is 15.5 Å². The summed E-state index contributed by atoms with van der Waals surface area (Å²) in [5.41, 5.74) is 2.49. The fraction of sp³-hybridized carbons (Fsp3) is 0.250. The van der Waals surface area contributed by atoms with Crippen molar-refractivity contribution < 1.29 is 16.8 Å². The number of aryl methyl sites for hydroxylation is 2. The molecule has 0 heterocycles. The van der Waals surface area contributed by atoms with Gasteiger partial charge in [0.2, 0.25) is 0 Å². The largest absolute Gasteiger partial charge is 0.280 e. The molecule has 0 saturated carbocycles. The number of benzene rings is 2. The molecule has 7 heteroatoms. The standard InChI is InChI=1S/C16H17NO4S2/c1-22(18,19)15-7-3-6-14(11-15)17-23(20,21)16-9-8-12-4-2-5-13(12)10-16/h3,6-11,17H,2,4-5H2,1H3. The van der Waals surface area contributed by atoms with Gasteiger partial charge in [0.1, 0.15) is 0 Å². The van der Waals surface area contributed by atoms with Gasteiger partial charge in [-0.1, -0.05) is 12.1 Å². The highest BCUT2D eigenvalue weighted by molar-refractivity contribution is 7.92. The molecule has 1 aliphatic rings. The predicted octanol–water partition coefficient (Wildman–Crippen LogP) is 2.38. The van der Waals surface area contributed by atoms with Crippen molar-refractivity contribution in [3.8, 4) is 0 Å². The molecule has 3 rings (SSSR count). The van der Waals surface area contributed by atoms with Gasteiger partial charge in [-0.2, -0.15) is 0 Å². The van der Waals surface area contributed by atoms with Crippen molar-refractivity contribution in [1.82, 2.24) is 0 Å². The van der Waals surface area contributed by atoms with Gasteiger partial charge in [-0.15, -0.1) is 0 Å². The molecular weight excluding hydrogens is 334 g/mol. The maximum Gasteiger partial charge on any atom is 0.261 e. The van der Waals surface area contributed by atoms with E-state index in [1.54, 1.807) is 12.1 Å². The molecule has 5 nitrogen and oxygen atoms in total. The zero-order valence-electron chi connectivity index (χ0n) is 12.6. The van der Waals surface area contributed by atoms with E-state index in [4.69, 9.17) is 0 Å². The quantitative estimate of drug-likeness (QED) is 0.917. The highest BCUT2D eigenvalue weighted by Crippen LogP contribution is 2.26. The highest BCUT2D eigenvalue weighted by Gasteiger charge is 2.19. The first-order valence-electron chi connectivity index (χ1n) is 7.20. The summed E-state index contributed by atoms with van der Waals surface area (Å²) in [4.78, 5) is 0.273. The molecule has 0 atom stereocenters. The number of sulfonamides is 1. The van der Waals surface area contributed by atoms with Crippen molar-refractivity contribution in [2.75, 3.05) is 11.0 Å². The van der Waals surface area contributed by atoms with Gasteiger partial charge < -0.3 is 0 Å². The molecule has 0 radical (unpaired) electrons. The molecule has 23 heavy (non-hydrogen) atoms. The molecule has 0 spiro atoms. The van der Waals surface area contributed by atoms with Crippen molar-refractivity contribution in [3.05, 3.63) is 53.6 Å². The molecule has 0 unspecified atom stereocenters. The Morgan fingerprint density at radius 2 is 1.61 bits per heavy atom. The molecule has 0 aliphatic heterocycles. The summed E-state index contributed by atoms with van der Waals surface area (Å²) >= 11 is 0. The van der Waals surface area contributed by atoms with Gasteiger partial charge in [0.25, 0.3) is 10.0 Å². The van der Waals surface area contributed by atoms with E-state index in [9.17, 15) is 16.8 Å². The minimum absolute atomic E-state index is 0.0756. The average Bonchev–Trinajstić information content (AvgIpc) is 2.93. The van der Waals surface area contributed by atoms with Gasteiger partial charge in [0, 0.05) is 6.26 Å². The maximum absolute atomic E-state index is 12.5. The number of hydrogen-bond acceptors (Lipinski definition) is 4. The van der Waals surface area contributed by atoms with Gasteiger partial charge in [0.15, 0.2) is 9.84 Å². The Kier molecular flexibility index (Phi) is 3.93. The number of rotatable bonds is 4. The van der Waals surface area contributed by atoms with E-state index in [1.165, 1.54) is 29.8 Å². The van der Waals surface area contributed by atoms with Crippen LogP contribution in [0.1, 0.15) is 17.5 Å². The lowest BCUT2D eigenvalue weighted by molar-refractivity contribution is 0.599. The molecule has 0 amide bonds. The summed E-state index contributed by atoms with van der Waals surface area (Å²) in [6.45, 7) is 0. The Balaban J connectivity index is 1.93. The molecular formula is C16H17NO4S2. The van der Waals surface area contributed by atoms with E-state index in [0.717, 1.165) is 31.1 Å². The van der Waals surface area contributed by atoms with E-state index < -0.39 is 19.9 Å². The second-order valence-electron chi connectivity index (χ2n) is 5.69. The van der Waals surface area contributed by atoms with Gasteiger partial charge in [-0.3, -0.25) is 4.72 Å². The molecule has 1 N–H and O–H groups in total. The van der Waals surface area contributed by atoms with Gasteiger partial charge in [-0.05, 0) is 60.7 Å². The first-order chi connectivity index (χ1) is 10.8. The topological polar surface area (TPSA) is 80.3 Å². The summed E-state index contributed by atoms with van der Waals surface area (Å²) in [6, 6.07) is 10.9. The normalized spacial score (nSPS) is 14.5. The van der Waals surface area contributed by atoms with E-state index in [0.29, 0.717) is 0 Å². The summed E-state index contributed by atoms with van der Waals surface area (Å²) < 4.78 is 50.6. The van der Waals surface area contributed by atoms with Crippen LogP contribution in [0.3, 0.4) is 0 Å². The number of sulfone groups is 1. The monoisotopic (exact) mass is 351 g/mol. The van der Waals surface area contributed by atoms with Crippen molar-refractivity contribution in [2.24, 2.45) is 0 Å². The van der Waals surface area contributed by atoms with Crippen LogP contribution in [0.2, 0.25) is 0 Å². The lowest BCUT2D eigenvalue weighted by Crippen LogP contribution is -2.13. The Bertz CT molecular complexity index is 963. The van der Waals surface area contributed by atoms with Crippen LogP contribution < -0.4 is 4.72 Å². The van der Waals surface area contributed by atoms with Crippen LogP contribution in [0.25, 0.3) is 0 Å². The Morgan fingerprint density at radius 1 is 0.870 bits per heavy atom. The molecule has 2 aromatic carbocycles. The molecule has 0 saturated heterocycles. The van der Waals surface area contributed by atoms with Crippen LogP contribution in [0.4, 0.5) is 5.69 Å². The maximum atomic E-state index is 12.5. The third kappa shape index (κ3) is 3.40. The van der Waals surface area contributed by atoms with E-state index in [1.807, 2.05) is 6.07 Å². The Morgan fingerprint density at radius 3 is 2.35 bits per heavy atom. The SMILES string of the molecule is CS(=O)(=O)c1cccc(NS(=O)(=O)c2ccc3c(c2)CCC3)c1. The van der Waals surface area contributed by atoms with E-state index in [2.05, 4.69) is 4.72 Å². The van der Waals surface area contributed by atoms with Gasteiger partial charge >= 0.3 is 0 Å². The van der Waals surface area contributed by atoms with Crippen LogP contribution in [-0.4, -0.2) is 23.1 Å². The summed E-state index contributed by atoms with van der Waals surface area (Å²) in [5, 5.41) is 0. The van der Waals surface area contributed by atoms with Crippen LogP contribution in [0, 0.1) is 0 Å². The molecule has 1 aliphatic carbocycles. The third-order valence-corrected chi connectivity index (χ3v) is 6.38. The number of nitrogens with one attached hydrogen (secondary N) is 1.